The second-order valence-corrected chi connectivity index (χ2v) is 8.00. The molecule has 114 valence electrons. The van der Waals surface area contributed by atoms with Crippen LogP contribution < -0.4 is 15.1 Å². The number of ether oxygens (including phenoxy) is 1. The average molecular weight is 310 g/mol. The van der Waals surface area contributed by atoms with Gasteiger partial charge in [0.1, 0.15) is 12.4 Å². The summed E-state index contributed by atoms with van der Waals surface area (Å²) >= 11 is 0. The van der Waals surface area contributed by atoms with Crippen LogP contribution in [0.3, 0.4) is 0 Å². The molecular formula is C19H22O2Si. The molecule has 0 aromatic heterocycles. The molecule has 0 radical (unpaired) electrons. The van der Waals surface area contributed by atoms with Gasteiger partial charge in [0.2, 0.25) is 0 Å². The smallest absolute Gasteiger partial charge is 0.347 e. The van der Waals surface area contributed by atoms with E-state index >= 15 is 0 Å². The van der Waals surface area contributed by atoms with E-state index in [2.05, 4.69) is 27.4 Å². The first kappa shape index (κ1) is 16.4. The zero-order valence-electron chi connectivity index (χ0n) is 13.4. The van der Waals surface area contributed by atoms with Crippen molar-refractivity contribution >= 4 is 19.1 Å². The molecular weight excluding hydrogens is 288 g/mol. The van der Waals surface area contributed by atoms with Gasteiger partial charge in [-0.2, -0.15) is 0 Å². The highest BCUT2D eigenvalue weighted by atomic mass is 28.3. The predicted molar refractivity (Wildman–Crippen MR) is 93.0 cm³/mol. The van der Waals surface area contributed by atoms with Gasteiger partial charge < -0.3 is 9.20 Å². The fourth-order valence-electron chi connectivity index (χ4n) is 2.51. The standard InChI is InChI=1S/C19H22O2Si/c1-5-14-21-16-12-9-13-17(18(16)19(2,3)4)22(20)15-10-7-6-8-11-15/h5-13H,1,14H2,2-4H3. The molecule has 0 N–H and O–H groups in total. The molecule has 2 rings (SSSR count). The molecule has 0 saturated carbocycles. The Morgan fingerprint density at radius 3 is 2.36 bits per heavy atom. The molecule has 0 saturated heterocycles. The first-order chi connectivity index (χ1) is 10.4. The Bertz CT molecular complexity index is 670. The number of rotatable bonds is 5. The van der Waals surface area contributed by atoms with Crippen molar-refractivity contribution < 1.29 is 9.20 Å². The highest BCUT2D eigenvalue weighted by Crippen LogP contribution is 2.29. The molecule has 0 bridgehead atoms. The lowest BCUT2D eigenvalue weighted by Crippen LogP contribution is -2.39. The van der Waals surface area contributed by atoms with E-state index in [1.54, 1.807) is 6.08 Å². The molecule has 0 spiro atoms. The minimum Gasteiger partial charge on any atom is -0.489 e. The van der Waals surface area contributed by atoms with E-state index in [0.717, 1.165) is 21.7 Å². The number of benzene rings is 2. The van der Waals surface area contributed by atoms with Gasteiger partial charge in [-0.25, -0.2) is 0 Å². The molecule has 0 atom stereocenters. The Morgan fingerprint density at radius 1 is 1.09 bits per heavy atom. The summed E-state index contributed by atoms with van der Waals surface area (Å²) in [6.45, 7) is 10.5. The van der Waals surface area contributed by atoms with Crippen molar-refractivity contribution in [1.29, 1.82) is 0 Å². The van der Waals surface area contributed by atoms with Crippen molar-refractivity contribution in [1.82, 2.24) is 0 Å². The molecule has 0 fully saturated rings. The summed E-state index contributed by atoms with van der Waals surface area (Å²) < 4.78 is 18.8. The molecule has 0 unspecified atom stereocenters. The number of hydrogen-bond acceptors (Lipinski definition) is 2. The maximum Gasteiger partial charge on any atom is 0.347 e. The highest BCUT2D eigenvalue weighted by Gasteiger charge is 2.27. The van der Waals surface area contributed by atoms with Crippen molar-refractivity contribution in [3.05, 3.63) is 66.7 Å². The minimum absolute atomic E-state index is 0.151. The maximum atomic E-state index is 13.0. The third kappa shape index (κ3) is 3.60. The van der Waals surface area contributed by atoms with Crippen LogP contribution in [0.5, 0.6) is 5.75 Å². The molecule has 0 aliphatic carbocycles. The van der Waals surface area contributed by atoms with E-state index < -0.39 is 8.68 Å². The SMILES string of the molecule is C=CCOc1cccc([Si](=O)c2ccccc2)c1C(C)(C)C. The minimum atomic E-state index is -2.06. The van der Waals surface area contributed by atoms with Crippen molar-refractivity contribution in [3.63, 3.8) is 0 Å². The zero-order valence-corrected chi connectivity index (χ0v) is 14.4. The van der Waals surface area contributed by atoms with Gasteiger partial charge in [-0.3, -0.25) is 0 Å². The van der Waals surface area contributed by atoms with Gasteiger partial charge in [-0.15, -0.1) is 0 Å². The van der Waals surface area contributed by atoms with Crippen LogP contribution in [0.15, 0.2) is 61.2 Å². The Balaban J connectivity index is 2.55. The Hall–Kier alpha value is -2.00. The van der Waals surface area contributed by atoms with Crippen LogP contribution in [0.2, 0.25) is 0 Å². The predicted octanol–water partition coefficient (Wildman–Crippen LogP) is 3.09. The van der Waals surface area contributed by atoms with Crippen LogP contribution in [0.4, 0.5) is 0 Å². The van der Waals surface area contributed by atoms with Gasteiger partial charge in [0.25, 0.3) is 0 Å². The van der Waals surface area contributed by atoms with Gasteiger partial charge in [-0.05, 0) is 11.5 Å². The monoisotopic (exact) mass is 310 g/mol. The van der Waals surface area contributed by atoms with E-state index in [9.17, 15) is 4.46 Å². The molecule has 3 heteroatoms. The van der Waals surface area contributed by atoms with Crippen LogP contribution in [-0.2, 0) is 9.88 Å². The van der Waals surface area contributed by atoms with Crippen molar-refractivity contribution in [2.45, 2.75) is 26.2 Å². The fourth-order valence-corrected chi connectivity index (χ4v) is 4.29. The van der Waals surface area contributed by atoms with E-state index in [1.807, 2.05) is 48.5 Å². The lowest BCUT2D eigenvalue weighted by molar-refractivity contribution is 0.351. The van der Waals surface area contributed by atoms with E-state index in [0.29, 0.717) is 6.61 Å². The summed E-state index contributed by atoms with van der Waals surface area (Å²) in [6, 6.07) is 15.4. The van der Waals surface area contributed by atoms with E-state index in [4.69, 9.17) is 4.74 Å². The zero-order chi connectivity index (χ0) is 16.2. The molecule has 2 nitrogen and oxygen atoms in total. The Labute approximate surface area is 134 Å². The Morgan fingerprint density at radius 2 is 1.77 bits per heavy atom. The normalized spacial score (nSPS) is 11.0. The summed E-state index contributed by atoms with van der Waals surface area (Å²) in [5.41, 5.74) is 0.868. The van der Waals surface area contributed by atoms with Crippen molar-refractivity contribution in [2.24, 2.45) is 0 Å². The van der Waals surface area contributed by atoms with Crippen LogP contribution in [0, 0.1) is 0 Å². The lowest BCUT2D eigenvalue weighted by atomic mass is 9.86. The van der Waals surface area contributed by atoms with Gasteiger partial charge in [0, 0.05) is 15.9 Å². The van der Waals surface area contributed by atoms with Gasteiger partial charge >= 0.3 is 8.68 Å². The third-order valence-electron chi connectivity index (χ3n) is 3.41. The van der Waals surface area contributed by atoms with Gasteiger partial charge in [0.05, 0.1) is 0 Å². The summed E-state index contributed by atoms with van der Waals surface area (Å²) in [5, 5.41) is 1.75. The van der Waals surface area contributed by atoms with Gasteiger partial charge in [-0.1, -0.05) is 75.9 Å². The first-order valence-corrected chi connectivity index (χ1v) is 8.83. The largest absolute Gasteiger partial charge is 0.489 e. The highest BCUT2D eigenvalue weighted by molar-refractivity contribution is 6.73. The van der Waals surface area contributed by atoms with Crippen molar-refractivity contribution in [2.75, 3.05) is 6.61 Å². The molecule has 22 heavy (non-hydrogen) atoms. The number of hydrogen-bond donors (Lipinski definition) is 0. The topological polar surface area (TPSA) is 26.3 Å². The maximum absolute atomic E-state index is 13.0. The van der Waals surface area contributed by atoms with Crippen LogP contribution in [-0.4, -0.2) is 15.3 Å². The molecule has 0 heterocycles. The quantitative estimate of drug-likeness (QED) is 0.626. The van der Waals surface area contributed by atoms with Crippen molar-refractivity contribution in [3.8, 4) is 5.75 Å². The molecule has 2 aromatic carbocycles. The molecule has 0 amide bonds. The van der Waals surface area contributed by atoms with E-state index in [1.165, 1.54) is 0 Å². The Kier molecular flexibility index (Phi) is 5.09. The van der Waals surface area contributed by atoms with E-state index in [-0.39, 0.29) is 5.41 Å². The lowest BCUT2D eigenvalue weighted by Gasteiger charge is -2.25. The third-order valence-corrected chi connectivity index (χ3v) is 5.18. The van der Waals surface area contributed by atoms with Crippen LogP contribution >= 0.6 is 0 Å². The molecule has 0 aliphatic heterocycles. The summed E-state index contributed by atoms with van der Waals surface area (Å²) in [7, 11) is -2.06. The second kappa shape index (κ2) is 6.84. The van der Waals surface area contributed by atoms with Crippen LogP contribution in [0.1, 0.15) is 26.3 Å². The fraction of sp³-hybridized carbons (Fsp3) is 0.263. The summed E-state index contributed by atoms with van der Waals surface area (Å²) in [5.74, 6) is 0.791. The molecule has 0 aliphatic rings. The van der Waals surface area contributed by atoms with Gasteiger partial charge in [0.15, 0.2) is 0 Å². The first-order valence-electron chi connectivity index (χ1n) is 7.42. The summed E-state index contributed by atoms with van der Waals surface area (Å²) in [6.07, 6.45) is 1.72. The average Bonchev–Trinajstić information content (AvgIpc) is 2.51. The van der Waals surface area contributed by atoms with Crippen LogP contribution in [0.25, 0.3) is 0 Å². The molecule has 2 aromatic rings. The summed E-state index contributed by atoms with van der Waals surface area (Å²) in [4.78, 5) is 0. The second-order valence-electron chi connectivity index (χ2n) is 6.22.